The maximum atomic E-state index is 13.0. The second-order valence-electron chi connectivity index (χ2n) is 7.88. The molecule has 0 spiro atoms. The highest BCUT2D eigenvalue weighted by molar-refractivity contribution is 6.27. The summed E-state index contributed by atoms with van der Waals surface area (Å²) in [5, 5.41) is 27.3. The van der Waals surface area contributed by atoms with Crippen LogP contribution in [0.2, 0.25) is 0 Å². The highest BCUT2D eigenvalue weighted by Crippen LogP contribution is 2.29. The van der Waals surface area contributed by atoms with Crippen molar-refractivity contribution in [1.29, 1.82) is 0 Å². The number of carbonyl (C=O) groups is 2. The highest BCUT2D eigenvalue weighted by Gasteiger charge is 2.44. The van der Waals surface area contributed by atoms with E-state index in [1.165, 1.54) is 0 Å². The molecule has 0 aromatic carbocycles. The Bertz CT molecular complexity index is 1290. The summed E-state index contributed by atoms with van der Waals surface area (Å²) in [4.78, 5) is 52.5. The molecule has 1 fully saturated rings. The van der Waals surface area contributed by atoms with Crippen molar-refractivity contribution >= 4 is 23.2 Å². The molecule has 0 unspecified atom stereocenters. The molecule has 0 atom stereocenters. The fourth-order valence-electron chi connectivity index (χ4n) is 4.28. The van der Waals surface area contributed by atoms with Gasteiger partial charge in [0.2, 0.25) is 23.6 Å². The summed E-state index contributed by atoms with van der Waals surface area (Å²) < 4.78 is 1.08. The predicted molar refractivity (Wildman–Crippen MR) is 114 cm³/mol. The zero-order valence-corrected chi connectivity index (χ0v) is 17.9. The maximum Gasteiger partial charge on any atom is 0.378 e. The average Bonchev–Trinajstić information content (AvgIpc) is 3.19. The molecule has 174 valence electrons. The fraction of sp³-hybridized carbons (Fsp3) is 0.350. The van der Waals surface area contributed by atoms with E-state index in [0.717, 1.165) is 43.0 Å². The first kappa shape index (κ1) is 21.5. The van der Waals surface area contributed by atoms with Crippen LogP contribution in [0.25, 0.3) is 0 Å². The number of carbonyl (C=O) groups excluding carboxylic acids is 2. The van der Waals surface area contributed by atoms with Gasteiger partial charge < -0.3 is 20.2 Å². The van der Waals surface area contributed by atoms with Gasteiger partial charge in [-0.1, -0.05) is 6.07 Å². The molecule has 34 heavy (non-hydrogen) atoms. The summed E-state index contributed by atoms with van der Waals surface area (Å²) >= 11 is 0. The lowest BCUT2D eigenvalue weighted by atomic mass is 9.94. The molecule has 0 saturated carbocycles. The monoisotopic (exact) mass is 465 g/mol. The van der Waals surface area contributed by atoms with E-state index in [0.29, 0.717) is 13.0 Å². The minimum absolute atomic E-state index is 0.147. The van der Waals surface area contributed by atoms with E-state index >= 15 is 0 Å². The van der Waals surface area contributed by atoms with Crippen molar-refractivity contribution in [2.45, 2.75) is 13.0 Å². The van der Waals surface area contributed by atoms with Gasteiger partial charge >= 0.3 is 5.82 Å². The Morgan fingerprint density at radius 3 is 2.50 bits per heavy atom. The molecule has 2 aliphatic rings. The summed E-state index contributed by atoms with van der Waals surface area (Å²) in [5.41, 5.74) is -1.57. The Kier molecular flexibility index (Phi) is 5.41. The van der Waals surface area contributed by atoms with Crippen LogP contribution in [0.4, 0.5) is 11.6 Å². The summed E-state index contributed by atoms with van der Waals surface area (Å²) in [6.45, 7) is 4.11. The number of ketones is 2. The first-order valence-electron chi connectivity index (χ1n) is 10.6. The van der Waals surface area contributed by atoms with E-state index in [9.17, 15) is 24.9 Å². The molecule has 1 aliphatic carbocycles. The zero-order valence-electron chi connectivity index (χ0n) is 17.9. The molecular formula is C20H19N9O5. The van der Waals surface area contributed by atoms with E-state index in [4.69, 9.17) is 0 Å². The number of hydrogen-bond acceptors (Lipinski definition) is 11. The number of hydrogen-bond donors (Lipinski definition) is 0. The van der Waals surface area contributed by atoms with Crippen LogP contribution in [0.1, 0.15) is 38.7 Å². The van der Waals surface area contributed by atoms with Gasteiger partial charge in [-0.15, -0.1) is 4.68 Å². The van der Waals surface area contributed by atoms with Crippen molar-refractivity contribution in [3.05, 3.63) is 68.7 Å². The Balaban J connectivity index is 1.27. The molecule has 3 aromatic rings. The molecule has 0 amide bonds. The minimum atomic E-state index is -0.911. The van der Waals surface area contributed by atoms with Crippen LogP contribution in [0.3, 0.4) is 0 Å². The van der Waals surface area contributed by atoms with Gasteiger partial charge in [-0.3, -0.25) is 14.5 Å². The van der Waals surface area contributed by atoms with Crippen LogP contribution < -0.4 is 9.86 Å². The molecule has 3 aromatic heterocycles. The molecule has 4 heterocycles. The van der Waals surface area contributed by atoms with E-state index in [1.54, 1.807) is 6.20 Å². The number of piperazine rings is 1. The Morgan fingerprint density at radius 1 is 1.00 bits per heavy atom. The number of aromatic nitrogens is 6. The van der Waals surface area contributed by atoms with E-state index in [2.05, 4.69) is 29.9 Å². The molecule has 1 saturated heterocycles. The number of anilines is 1. The lowest BCUT2D eigenvalue weighted by Crippen LogP contribution is -2.47. The largest absolute Gasteiger partial charge is 0.571 e. The lowest BCUT2D eigenvalue weighted by Gasteiger charge is -2.35. The van der Waals surface area contributed by atoms with Gasteiger partial charge in [-0.2, -0.15) is 0 Å². The third-order valence-corrected chi connectivity index (χ3v) is 5.94. The van der Waals surface area contributed by atoms with E-state index in [1.807, 2.05) is 18.2 Å². The second-order valence-corrected chi connectivity index (χ2v) is 7.88. The van der Waals surface area contributed by atoms with Crippen molar-refractivity contribution in [2.75, 3.05) is 37.6 Å². The molecular weight excluding hydrogens is 446 g/mol. The average molecular weight is 465 g/mol. The molecule has 5 rings (SSSR count). The van der Waals surface area contributed by atoms with Gasteiger partial charge in [0.05, 0.1) is 6.54 Å². The first-order chi connectivity index (χ1) is 16.5. The summed E-state index contributed by atoms with van der Waals surface area (Å²) in [7, 11) is 0. The smallest absolute Gasteiger partial charge is 0.378 e. The second kappa shape index (κ2) is 8.55. The van der Waals surface area contributed by atoms with Crippen LogP contribution in [-0.4, -0.2) is 78.8 Å². The van der Waals surface area contributed by atoms with Gasteiger partial charge in [0, 0.05) is 49.0 Å². The van der Waals surface area contributed by atoms with Gasteiger partial charge in [0.25, 0.3) is 0 Å². The van der Waals surface area contributed by atoms with Gasteiger partial charge in [-0.05, 0) is 28.5 Å². The summed E-state index contributed by atoms with van der Waals surface area (Å²) in [5.74, 6) is -1.52. The van der Waals surface area contributed by atoms with Crippen molar-refractivity contribution in [1.82, 2.24) is 29.6 Å². The third-order valence-electron chi connectivity index (χ3n) is 5.94. The standard InChI is InChI=1S/C20H19N9O5/c30-18-14-15(22-12-23-20(14)28(32)33)19(31)17-16(18)24-29(34)27(17)7-3-6-25-8-10-26(11-9-25)13-4-1-2-5-21-13/h1-2,4-5,12H,3,6-11H2. The van der Waals surface area contributed by atoms with Crippen LogP contribution in [0.5, 0.6) is 0 Å². The number of nitrogens with zero attached hydrogens (tertiary/aromatic N) is 9. The predicted octanol–water partition coefficient (Wildman–Crippen LogP) is -0.403. The highest BCUT2D eigenvalue weighted by atomic mass is 16.6. The maximum absolute atomic E-state index is 13.0. The van der Waals surface area contributed by atoms with E-state index in [-0.39, 0.29) is 17.2 Å². The number of rotatable bonds is 6. The summed E-state index contributed by atoms with van der Waals surface area (Å²) in [6, 6.07) is 5.80. The molecule has 0 radical (unpaired) electrons. The van der Waals surface area contributed by atoms with Crippen molar-refractivity contribution in [2.24, 2.45) is 0 Å². The van der Waals surface area contributed by atoms with Crippen molar-refractivity contribution in [3.8, 4) is 0 Å². The minimum Gasteiger partial charge on any atom is -0.571 e. The van der Waals surface area contributed by atoms with Gasteiger partial charge in [-0.25, -0.2) is 9.97 Å². The molecule has 14 nitrogen and oxygen atoms in total. The topological polar surface area (TPSA) is 167 Å². The Labute approximate surface area is 192 Å². The van der Waals surface area contributed by atoms with Gasteiger partial charge in [0.15, 0.2) is 11.3 Å². The van der Waals surface area contributed by atoms with Gasteiger partial charge in [0.1, 0.15) is 11.5 Å². The fourth-order valence-corrected chi connectivity index (χ4v) is 4.28. The van der Waals surface area contributed by atoms with Crippen LogP contribution in [-0.2, 0) is 6.54 Å². The molecule has 0 N–H and O–H groups in total. The van der Waals surface area contributed by atoms with Crippen molar-refractivity contribution in [3.63, 3.8) is 0 Å². The molecule has 1 aliphatic heterocycles. The van der Waals surface area contributed by atoms with E-state index < -0.39 is 39.3 Å². The first-order valence-corrected chi connectivity index (χ1v) is 10.6. The van der Waals surface area contributed by atoms with Crippen molar-refractivity contribution < 1.29 is 19.5 Å². The van der Waals surface area contributed by atoms with Crippen LogP contribution in [0, 0.1) is 15.3 Å². The number of nitro groups is 1. The quantitative estimate of drug-likeness (QED) is 0.157. The molecule has 0 bridgehead atoms. The number of fused-ring (bicyclic) bond motifs is 2. The third kappa shape index (κ3) is 3.63. The zero-order chi connectivity index (χ0) is 23.8. The lowest BCUT2D eigenvalue weighted by molar-refractivity contribution is -0.749. The normalized spacial score (nSPS) is 15.8. The van der Waals surface area contributed by atoms with Crippen LogP contribution in [0.15, 0.2) is 30.7 Å². The Morgan fingerprint density at radius 2 is 1.79 bits per heavy atom. The SMILES string of the molecule is O=C1c2n[n+]([O-])n(CCCN3CCN(c4ccccn4)CC3)c2C(=O)c2ncnc([N+](=O)[O-])c21. The summed E-state index contributed by atoms with van der Waals surface area (Å²) in [6.07, 6.45) is 3.15. The Hall–Kier alpha value is -4.33. The number of pyridine rings is 1. The molecule has 14 heteroatoms. The van der Waals surface area contributed by atoms with Crippen LogP contribution >= 0.6 is 0 Å².